The third-order valence-corrected chi connectivity index (χ3v) is 4.62. The fourth-order valence-corrected chi connectivity index (χ4v) is 3.28. The summed E-state index contributed by atoms with van der Waals surface area (Å²) in [5.41, 5.74) is 0.553. The number of sulfonamides is 1. The molecule has 1 unspecified atom stereocenters. The number of hydrogen-bond donors (Lipinski definition) is 2. The molecule has 2 heterocycles. The quantitative estimate of drug-likeness (QED) is 0.838. The summed E-state index contributed by atoms with van der Waals surface area (Å²) in [5.74, 6) is 0.934. The monoisotopic (exact) mass is 313 g/mol. The number of aromatic nitrogens is 2. The van der Waals surface area contributed by atoms with Crippen LogP contribution in [-0.2, 0) is 23.2 Å². The Labute approximate surface area is 123 Å². The van der Waals surface area contributed by atoms with E-state index in [2.05, 4.69) is 9.71 Å². The van der Waals surface area contributed by atoms with Gasteiger partial charge in [-0.1, -0.05) is 0 Å². The Hall–Kier alpha value is -1.64. The number of nitrogens with one attached hydrogen (secondary N) is 1. The zero-order valence-electron chi connectivity index (χ0n) is 12.2. The zero-order chi connectivity index (χ0) is 15.6. The van der Waals surface area contributed by atoms with Crippen LogP contribution in [0.5, 0.6) is 0 Å². The second kappa shape index (κ2) is 6.00. The summed E-state index contributed by atoms with van der Waals surface area (Å²) in [6, 6.07) is 0.880. The van der Waals surface area contributed by atoms with Gasteiger partial charge in [0.2, 0.25) is 15.9 Å². The van der Waals surface area contributed by atoms with Crippen LogP contribution in [-0.4, -0.2) is 23.1 Å². The number of aryl methyl sites for hydroxylation is 2. The van der Waals surface area contributed by atoms with Crippen LogP contribution in [0.2, 0.25) is 0 Å². The summed E-state index contributed by atoms with van der Waals surface area (Å²) >= 11 is 0. The first kappa shape index (κ1) is 15.7. The van der Waals surface area contributed by atoms with Crippen molar-refractivity contribution in [3.8, 4) is 0 Å². The van der Waals surface area contributed by atoms with Crippen LogP contribution < -0.4 is 4.72 Å². The summed E-state index contributed by atoms with van der Waals surface area (Å²) in [4.78, 5) is 4.12. The van der Waals surface area contributed by atoms with Gasteiger partial charge in [-0.05, 0) is 26.8 Å². The standard InChI is InChI=1S/C13H19N3O4S/c1-4-16-7-12(5-11(16)8-17)21(18,19)15-10(3)13-14-6-9(2)20-13/h5-7,10,15,17H,4,8H2,1-3H3. The van der Waals surface area contributed by atoms with Gasteiger partial charge < -0.3 is 14.1 Å². The van der Waals surface area contributed by atoms with Crippen LogP contribution in [0, 0.1) is 6.92 Å². The first-order chi connectivity index (χ1) is 9.87. The van der Waals surface area contributed by atoms with Crippen LogP contribution in [0.15, 0.2) is 27.8 Å². The topological polar surface area (TPSA) is 97.4 Å². The zero-order valence-corrected chi connectivity index (χ0v) is 13.0. The molecular weight excluding hydrogens is 294 g/mol. The molecule has 2 rings (SSSR count). The minimum absolute atomic E-state index is 0.114. The summed E-state index contributed by atoms with van der Waals surface area (Å²) in [6.07, 6.45) is 3.04. The molecule has 0 amide bonds. The molecule has 2 aromatic heterocycles. The van der Waals surface area contributed by atoms with Gasteiger partial charge in [-0.25, -0.2) is 13.4 Å². The van der Waals surface area contributed by atoms with E-state index in [1.807, 2.05) is 6.92 Å². The van der Waals surface area contributed by atoms with Gasteiger partial charge in [0.15, 0.2) is 0 Å². The fourth-order valence-electron chi connectivity index (χ4n) is 2.02. The van der Waals surface area contributed by atoms with E-state index >= 15 is 0 Å². The molecule has 0 saturated carbocycles. The van der Waals surface area contributed by atoms with Gasteiger partial charge >= 0.3 is 0 Å². The Morgan fingerprint density at radius 3 is 2.71 bits per heavy atom. The van der Waals surface area contributed by atoms with Gasteiger partial charge in [0.1, 0.15) is 5.76 Å². The molecule has 0 aromatic carbocycles. The SMILES string of the molecule is CCn1cc(S(=O)(=O)NC(C)c2ncc(C)o2)cc1CO. The Morgan fingerprint density at radius 1 is 1.52 bits per heavy atom. The highest BCUT2D eigenvalue weighted by Gasteiger charge is 2.23. The second-order valence-electron chi connectivity index (χ2n) is 4.76. The van der Waals surface area contributed by atoms with Crippen LogP contribution in [0.4, 0.5) is 0 Å². The molecule has 0 aliphatic rings. The Morgan fingerprint density at radius 2 is 2.24 bits per heavy atom. The van der Waals surface area contributed by atoms with Crippen LogP contribution in [0.3, 0.4) is 0 Å². The summed E-state index contributed by atoms with van der Waals surface area (Å²) in [6.45, 7) is 5.65. The van der Waals surface area contributed by atoms with Gasteiger partial charge in [0.05, 0.1) is 23.7 Å². The molecule has 0 fully saturated rings. The maximum Gasteiger partial charge on any atom is 0.242 e. The largest absolute Gasteiger partial charge is 0.444 e. The Kier molecular flexibility index (Phi) is 4.50. The highest BCUT2D eigenvalue weighted by atomic mass is 32.2. The lowest BCUT2D eigenvalue weighted by atomic mass is 10.4. The molecule has 2 N–H and O–H groups in total. The lowest BCUT2D eigenvalue weighted by molar-refractivity contribution is 0.271. The van der Waals surface area contributed by atoms with Crippen molar-refractivity contribution in [2.45, 2.75) is 44.9 Å². The van der Waals surface area contributed by atoms with E-state index < -0.39 is 16.1 Å². The number of aliphatic hydroxyl groups is 1. The van der Waals surface area contributed by atoms with Crippen molar-refractivity contribution in [3.63, 3.8) is 0 Å². The van der Waals surface area contributed by atoms with Gasteiger partial charge in [-0.3, -0.25) is 0 Å². The van der Waals surface area contributed by atoms with E-state index in [1.54, 1.807) is 18.4 Å². The normalized spacial score (nSPS) is 13.5. The average Bonchev–Trinajstić information content (AvgIpc) is 3.03. The van der Waals surface area contributed by atoms with Crippen LogP contribution in [0.25, 0.3) is 0 Å². The highest BCUT2D eigenvalue weighted by molar-refractivity contribution is 7.89. The predicted octanol–water partition coefficient (Wildman–Crippen LogP) is 1.34. The molecule has 0 aliphatic heterocycles. The van der Waals surface area contributed by atoms with E-state index in [0.29, 0.717) is 23.9 Å². The predicted molar refractivity (Wildman–Crippen MR) is 76.0 cm³/mol. The second-order valence-corrected chi connectivity index (χ2v) is 6.48. The molecule has 0 spiro atoms. The van der Waals surface area contributed by atoms with Crippen molar-refractivity contribution in [2.75, 3.05) is 0 Å². The molecule has 7 nitrogen and oxygen atoms in total. The summed E-state index contributed by atoms with van der Waals surface area (Å²) in [5, 5.41) is 9.23. The third kappa shape index (κ3) is 3.34. The molecule has 8 heteroatoms. The number of rotatable bonds is 6. The number of oxazole rings is 1. The van der Waals surface area contributed by atoms with E-state index in [-0.39, 0.29) is 11.5 Å². The molecule has 2 aromatic rings. The molecule has 21 heavy (non-hydrogen) atoms. The molecule has 116 valence electrons. The first-order valence-electron chi connectivity index (χ1n) is 6.62. The lowest BCUT2D eigenvalue weighted by Crippen LogP contribution is -2.26. The fraction of sp³-hybridized carbons (Fsp3) is 0.462. The van der Waals surface area contributed by atoms with Gasteiger partial charge in [-0.2, -0.15) is 4.72 Å². The van der Waals surface area contributed by atoms with Crippen molar-refractivity contribution in [1.82, 2.24) is 14.3 Å². The Balaban J connectivity index is 2.24. The van der Waals surface area contributed by atoms with Crippen LogP contribution in [0.1, 0.15) is 37.2 Å². The van der Waals surface area contributed by atoms with E-state index in [4.69, 9.17) is 4.42 Å². The molecule has 0 aliphatic carbocycles. The van der Waals surface area contributed by atoms with E-state index in [9.17, 15) is 13.5 Å². The molecular formula is C13H19N3O4S. The average molecular weight is 313 g/mol. The van der Waals surface area contributed by atoms with Crippen LogP contribution >= 0.6 is 0 Å². The molecule has 0 bridgehead atoms. The maximum absolute atomic E-state index is 12.3. The highest BCUT2D eigenvalue weighted by Crippen LogP contribution is 2.19. The van der Waals surface area contributed by atoms with Crippen molar-refractivity contribution in [3.05, 3.63) is 35.8 Å². The molecule has 0 saturated heterocycles. The summed E-state index contributed by atoms with van der Waals surface area (Å²) in [7, 11) is -3.70. The summed E-state index contributed by atoms with van der Waals surface area (Å²) < 4.78 is 34.2. The Bertz CT molecular complexity index is 696. The third-order valence-electron chi connectivity index (χ3n) is 3.12. The molecule has 1 atom stereocenters. The van der Waals surface area contributed by atoms with Gasteiger partial charge in [0.25, 0.3) is 0 Å². The smallest absolute Gasteiger partial charge is 0.242 e. The van der Waals surface area contributed by atoms with Crippen molar-refractivity contribution in [1.29, 1.82) is 0 Å². The lowest BCUT2D eigenvalue weighted by Gasteiger charge is -2.09. The van der Waals surface area contributed by atoms with Gasteiger partial charge in [0, 0.05) is 18.4 Å². The maximum atomic E-state index is 12.3. The van der Waals surface area contributed by atoms with Gasteiger partial charge in [-0.15, -0.1) is 0 Å². The van der Waals surface area contributed by atoms with E-state index in [0.717, 1.165) is 0 Å². The first-order valence-corrected chi connectivity index (χ1v) is 8.10. The minimum atomic E-state index is -3.70. The van der Waals surface area contributed by atoms with Crippen molar-refractivity contribution < 1.29 is 17.9 Å². The number of hydrogen-bond acceptors (Lipinski definition) is 5. The number of nitrogens with zero attached hydrogens (tertiary/aromatic N) is 2. The van der Waals surface area contributed by atoms with Crippen molar-refractivity contribution in [2.24, 2.45) is 0 Å². The number of aliphatic hydroxyl groups excluding tert-OH is 1. The van der Waals surface area contributed by atoms with Crippen molar-refractivity contribution >= 4 is 10.0 Å². The minimum Gasteiger partial charge on any atom is -0.444 e. The van der Waals surface area contributed by atoms with E-state index in [1.165, 1.54) is 18.5 Å². The molecule has 0 radical (unpaired) electrons.